The summed E-state index contributed by atoms with van der Waals surface area (Å²) in [5.41, 5.74) is 7.32. The lowest BCUT2D eigenvalue weighted by Crippen LogP contribution is -2.53. The number of amides is 3. The Morgan fingerprint density at radius 3 is 2.47 bits per heavy atom. The average Bonchev–Trinajstić information content (AvgIpc) is 2.36. The fraction of sp³-hybridized carbons (Fsp3) is 0.308. The molecule has 1 heterocycles. The summed E-state index contributed by atoms with van der Waals surface area (Å²) < 4.78 is 0. The van der Waals surface area contributed by atoms with Crippen LogP contribution in [-0.4, -0.2) is 35.7 Å². The van der Waals surface area contributed by atoms with E-state index >= 15 is 0 Å². The van der Waals surface area contributed by atoms with E-state index in [1.807, 2.05) is 18.2 Å². The van der Waals surface area contributed by atoms with Gasteiger partial charge >= 0.3 is 0 Å². The van der Waals surface area contributed by atoms with Crippen molar-refractivity contribution in [2.75, 3.05) is 18.8 Å². The third-order valence-corrected chi connectivity index (χ3v) is 2.96. The Morgan fingerprint density at radius 2 is 1.84 bits per heavy atom. The van der Waals surface area contributed by atoms with Crippen molar-refractivity contribution in [2.24, 2.45) is 0 Å². The van der Waals surface area contributed by atoms with E-state index in [0.29, 0.717) is 12.1 Å². The largest absolute Gasteiger partial charge is 0.399 e. The Hall–Kier alpha value is -2.37. The van der Waals surface area contributed by atoms with Crippen LogP contribution in [0, 0.1) is 0 Å². The van der Waals surface area contributed by atoms with Crippen molar-refractivity contribution in [1.82, 2.24) is 10.2 Å². The molecule has 0 saturated carbocycles. The van der Waals surface area contributed by atoms with Crippen molar-refractivity contribution in [3.63, 3.8) is 0 Å². The van der Waals surface area contributed by atoms with Crippen molar-refractivity contribution in [3.8, 4) is 0 Å². The maximum Gasteiger partial charge on any atom is 0.246 e. The molecule has 1 fully saturated rings. The molecule has 1 aromatic carbocycles. The van der Waals surface area contributed by atoms with Gasteiger partial charge in [0.25, 0.3) is 0 Å². The topological polar surface area (TPSA) is 92.5 Å². The molecule has 0 radical (unpaired) electrons. The molecule has 0 atom stereocenters. The summed E-state index contributed by atoms with van der Waals surface area (Å²) in [7, 11) is 0. The van der Waals surface area contributed by atoms with E-state index in [2.05, 4.69) is 5.32 Å². The number of rotatable bonds is 3. The summed E-state index contributed by atoms with van der Waals surface area (Å²) in [4.78, 5) is 35.5. The first-order valence-corrected chi connectivity index (χ1v) is 6.00. The first-order chi connectivity index (χ1) is 9.06. The standard InChI is InChI=1S/C13H15N3O3/c14-10-4-2-1-3-9(10)5-6-13(19)16-7-11(17)15-12(18)8-16/h1-4H,5-8,14H2,(H,15,17,18). The van der Waals surface area contributed by atoms with Gasteiger partial charge in [0.2, 0.25) is 17.7 Å². The predicted molar refractivity (Wildman–Crippen MR) is 68.9 cm³/mol. The number of carbonyl (C=O) groups is 3. The Kier molecular flexibility index (Phi) is 3.79. The van der Waals surface area contributed by atoms with Crippen LogP contribution in [0.25, 0.3) is 0 Å². The number of nitrogens with one attached hydrogen (secondary N) is 1. The van der Waals surface area contributed by atoms with Crippen molar-refractivity contribution in [3.05, 3.63) is 29.8 Å². The zero-order valence-electron chi connectivity index (χ0n) is 10.4. The van der Waals surface area contributed by atoms with Crippen LogP contribution in [0.3, 0.4) is 0 Å². The van der Waals surface area contributed by atoms with Gasteiger partial charge in [-0.3, -0.25) is 19.7 Å². The number of hydrogen-bond acceptors (Lipinski definition) is 4. The lowest BCUT2D eigenvalue weighted by atomic mass is 10.1. The van der Waals surface area contributed by atoms with Gasteiger partial charge in [0, 0.05) is 12.1 Å². The van der Waals surface area contributed by atoms with E-state index in [4.69, 9.17) is 5.73 Å². The quantitative estimate of drug-likeness (QED) is 0.576. The second-order valence-corrected chi connectivity index (χ2v) is 4.42. The molecule has 100 valence electrons. The minimum atomic E-state index is -0.441. The number of anilines is 1. The fourth-order valence-corrected chi connectivity index (χ4v) is 1.98. The molecular formula is C13H15N3O3. The van der Waals surface area contributed by atoms with Crippen LogP contribution < -0.4 is 11.1 Å². The van der Waals surface area contributed by atoms with Gasteiger partial charge in [0.15, 0.2) is 0 Å². The summed E-state index contributed by atoms with van der Waals surface area (Å²) in [6.07, 6.45) is 0.729. The highest BCUT2D eigenvalue weighted by molar-refractivity contribution is 6.02. The minimum Gasteiger partial charge on any atom is -0.399 e. The molecule has 1 aliphatic rings. The highest BCUT2D eigenvalue weighted by Crippen LogP contribution is 2.13. The van der Waals surface area contributed by atoms with Crippen molar-refractivity contribution in [1.29, 1.82) is 0 Å². The van der Waals surface area contributed by atoms with E-state index < -0.39 is 11.8 Å². The Morgan fingerprint density at radius 1 is 1.21 bits per heavy atom. The summed E-state index contributed by atoms with van der Waals surface area (Å²) in [6.45, 7) is -0.121. The van der Waals surface area contributed by atoms with E-state index in [-0.39, 0.29) is 25.4 Å². The number of aryl methyl sites for hydroxylation is 1. The Labute approximate surface area is 110 Å². The molecule has 1 saturated heterocycles. The lowest BCUT2D eigenvalue weighted by Gasteiger charge is -2.25. The van der Waals surface area contributed by atoms with Gasteiger partial charge in [-0.25, -0.2) is 0 Å². The van der Waals surface area contributed by atoms with Gasteiger partial charge in [-0.05, 0) is 18.1 Å². The molecule has 1 aromatic rings. The number of piperazine rings is 1. The molecule has 0 aliphatic carbocycles. The first kappa shape index (κ1) is 13.1. The van der Waals surface area contributed by atoms with Gasteiger partial charge in [-0.15, -0.1) is 0 Å². The van der Waals surface area contributed by atoms with Crippen LogP contribution in [0.5, 0.6) is 0 Å². The van der Waals surface area contributed by atoms with Gasteiger partial charge in [0.1, 0.15) is 13.1 Å². The zero-order valence-corrected chi connectivity index (χ0v) is 10.4. The molecule has 6 nitrogen and oxygen atoms in total. The summed E-state index contributed by atoms with van der Waals surface area (Å²) in [5, 5.41) is 2.16. The third-order valence-electron chi connectivity index (χ3n) is 2.96. The van der Waals surface area contributed by atoms with E-state index in [9.17, 15) is 14.4 Å². The molecule has 3 amide bonds. The van der Waals surface area contributed by atoms with Crippen LogP contribution >= 0.6 is 0 Å². The monoisotopic (exact) mass is 261 g/mol. The van der Waals surface area contributed by atoms with Crippen LogP contribution in [0.4, 0.5) is 5.69 Å². The highest BCUT2D eigenvalue weighted by atomic mass is 16.2. The number of nitrogen functional groups attached to an aromatic ring is 1. The van der Waals surface area contributed by atoms with Crippen LogP contribution in [0.1, 0.15) is 12.0 Å². The zero-order chi connectivity index (χ0) is 13.8. The number of imide groups is 1. The van der Waals surface area contributed by atoms with E-state index in [1.54, 1.807) is 6.07 Å². The Balaban J connectivity index is 1.93. The van der Waals surface area contributed by atoms with Gasteiger partial charge < -0.3 is 10.6 Å². The van der Waals surface area contributed by atoms with Crippen molar-refractivity contribution in [2.45, 2.75) is 12.8 Å². The van der Waals surface area contributed by atoms with Gasteiger partial charge in [0.05, 0.1) is 0 Å². The first-order valence-electron chi connectivity index (χ1n) is 6.00. The van der Waals surface area contributed by atoms with Crippen LogP contribution in [-0.2, 0) is 20.8 Å². The summed E-state index contributed by atoms with van der Waals surface area (Å²) in [6, 6.07) is 7.32. The highest BCUT2D eigenvalue weighted by Gasteiger charge is 2.25. The minimum absolute atomic E-state index is 0.0607. The molecular weight excluding hydrogens is 246 g/mol. The molecule has 0 bridgehead atoms. The number of nitrogens with two attached hydrogens (primary N) is 1. The number of para-hydroxylation sites is 1. The molecule has 0 unspecified atom stereocenters. The predicted octanol–water partition coefficient (Wildman–Crippen LogP) is -0.314. The van der Waals surface area contributed by atoms with Crippen LogP contribution in [0.15, 0.2) is 24.3 Å². The van der Waals surface area contributed by atoms with Crippen molar-refractivity contribution >= 4 is 23.4 Å². The van der Waals surface area contributed by atoms with E-state index in [0.717, 1.165) is 5.56 Å². The second-order valence-electron chi connectivity index (χ2n) is 4.42. The van der Waals surface area contributed by atoms with Gasteiger partial charge in [-0.2, -0.15) is 0 Å². The van der Waals surface area contributed by atoms with Crippen molar-refractivity contribution < 1.29 is 14.4 Å². The average molecular weight is 261 g/mol. The van der Waals surface area contributed by atoms with Crippen LogP contribution in [0.2, 0.25) is 0 Å². The number of hydrogen-bond donors (Lipinski definition) is 2. The maximum atomic E-state index is 11.9. The molecule has 19 heavy (non-hydrogen) atoms. The molecule has 6 heteroatoms. The number of benzene rings is 1. The molecule has 1 aliphatic heterocycles. The third kappa shape index (κ3) is 3.31. The SMILES string of the molecule is Nc1ccccc1CCC(=O)N1CC(=O)NC(=O)C1. The fourth-order valence-electron chi connectivity index (χ4n) is 1.98. The number of carbonyl (C=O) groups excluding carboxylic acids is 3. The summed E-state index contributed by atoms with van der Waals surface area (Å²) in [5.74, 6) is -1.10. The smallest absolute Gasteiger partial charge is 0.246 e. The molecule has 3 N–H and O–H groups in total. The summed E-state index contributed by atoms with van der Waals surface area (Å²) >= 11 is 0. The maximum absolute atomic E-state index is 11.9. The van der Waals surface area contributed by atoms with Gasteiger partial charge in [-0.1, -0.05) is 18.2 Å². The normalized spacial score (nSPS) is 15.3. The number of nitrogens with zero attached hydrogens (tertiary/aromatic N) is 1. The lowest BCUT2D eigenvalue weighted by molar-refractivity contribution is -0.145. The second kappa shape index (κ2) is 5.51. The molecule has 0 aromatic heterocycles. The molecule has 2 rings (SSSR count). The Bertz CT molecular complexity index is 512. The van der Waals surface area contributed by atoms with E-state index in [1.165, 1.54) is 4.90 Å². The molecule has 0 spiro atoms.